The lowest BCUT2D eigenvalue weighted by molar-refractivity contribution is -0.169. The molecule has 4 fully saturated rings. The highest BCUT2D eigenvalue weighted by molar-refractivity contribution is 5.55. The highest BCUT2D eigenvalue weighted by Gasteiger charge is 2.62. The SMILES string of the molecule is Cc1cc(C#N)ccc1N[C@@H]([C@H]1CC[C@H]2[C@@H]3CC[C@@H]4C[C@](C)(O)CC[C@@H]4[C@H]3CC[C@]12C)C(F)(F)F. The quantitative estimate of drug-likeness (QED) is 0.472. The third kappa shape index (κ3) is 4.37. The topological polar surface area (TPSA) is 56.0 Å². The summed E-state index contributed by atoms with van der Waals surface area (Å²) in [6.07, 6.45) is 4.07. The van der Waals surface area contributed by atoms with Crippen LogP contribution in [0.15, 0.2) is 18.2 Å². The molecule has 6 heteroatoms. The second kappa shape index (κ2) is 8.68. The molecule has 1 aromatic rings. The lowest BCUT2D eigenvalue weighted by Crippen LogP contribution is -2.54. The molecular weight excluding hydrogens is 449 g/mol. The summed E-state index contributed by atoms with van der Waals surface area (Å²) in [6, 6.07) is 5.35. The van der Waals surface area contributed by atoms with Crippen molar-refractivity contribution in [3.05, 3.63) is 29.3 Å². The fourth-order valence-corrected chi connectivity index (χ4v) is 9.14. The number of rotatable bonds is 3. The van der Waals surface area contributed by atoms with Crippen molar-refractivity contribution in [3.8, 4) is 6.07 Å². The molecule has 192 valence electrons. The summed E-state index contributed by atoms with van der Waals surface area (Å²) >= 11 is 0. The Hall–Kier alpha value is -1.74. The van der Waals surface area contributed by atoms with Crippen molar-refractivity contribution in [1.82, 2.24) is 0 Å². The predicted octanol–water partition coefficient (Wildman–Crippen LogP) is 7.23. The Kier molecular flexibility index (Phi) is 6.18. The Bertz CT molecular complexity index is 999. The third-order valence-corrected chi connectivity index (χ3v) is 10.7. The minimum absolute atomic E-state index is 0.318. The molecule has 3 nitrogen and oxygen atoms in total. The number of aryl methyl sites for hydroxylation is 1. The van der Waals surface area contributed by atoms with Crippen molar-refractivity contribution >= 4 is 5.69 Å². The van der Waals surface area contributed by atoms with Gasteiger partial charge in [-0.05, 0) is 136 Å². The van der Waals surface area contributed by atoms with Crippen LogP contribution in [0.3, 0.4) is 0 Å². The molecule has 0 amide bonds. The smallest absolute Gasteiger partial charge is 0.390 e. The maximum atomic E-state index is 14.6. The minimum atomic E-state index is -4.34. The van der Waals surface area contributed by atoms with Crippen molar-refractivity contribution < 1.29 is 18.3 Å². The van der Waals surface area contributed by atoms with E-state index in [0.29, 0.717) is 52.8 Å². The van der Waals surface area contributed by atoms with Gasteiger partial charge >= 0.3 is 6.18 Å². The summed E-state index contributed by atoms with van der Waals surface area (Å²) in [5, 5.41) is 22.6. The second-order valence-corrected chi connectivity index (χ2v) is 12.7. The van der Waals surface area contributed by atoms with Gasteiger partial charge in [-0.15, -0.1) is 0 Å². The molecule has 0 radical (unpaired) electrons. The van der Waals surface area contributed by atoms with Crippen LogP contribution in [0.5, 0.6) is 0 Å². The number of halogens is 3. The first-order valence-corrected chi connectivity index (χ1v) is 13.5. The molecule has 5 rings (SSSR count). The van der Waals surface area contributed by atoms with Gasteiger partial charge in [0.2, 0.25) is 0 Å². The first kappa shape index (κ1) is 24.9. The Morgan fingerprint density at radius 3 is 2.46 bits per heavy atom. The van der Waals surface area contributed by atoms with Gasteiger partial charge in [0, 0.05) is 5.69 Å². The zero-order chi connectivity index (χ0) is 25.2. The van der Waals surface area contributed by atoms with Crippen LogP contribution in [-0.4, -0.2) is 22.9 Å². The van der Waals surface area contributed by atoms with E-state index in [1.54, 1.807) is 25.1 Å². The Labute approximate surface area is 207 Å². The highest BCUT2D eigenvalue weighted by atomic mass is 19.4. The van der Waals surface area contributed by atoms with Gasteiger partial charge in [-0.25, -0.2) is 0 Å². The number of nitriles is 1. The molecule has 0 saturated heterocycles. The zero-order valence-corrected chi connectivity index (χ0v) is 21.2. The van der Waals surface area contributed by atoms with Crippen LogP contribution in [-0.2, 0) is 0 Å². The van der Waals surface area contributed by atoms with Gasteiger partial charge in [-0.1, -0.05) is 6.92 Å². The number of hydrogen-bond acceptors (Lipinski definition) is 3. The standard InChI is InChI=1S/C29H39F3N2O/c1-17-14-18(16-33)4-9-25(17)34-26(29(30,31)32)24-8-7-23-22-6-5-19-15-27(2,35)12-10-20(19)21(22)11-13-28(23,24)3/h4,9,14,19-24,26,34-35H,5-8,10-13,15H2,1-3H3/t19-,20+,21-,22-,23+,24-,26+,27-,28+/m1/s1. The number of benzene rings is 1. The minimum Gasteiger partial charge on any atom is -0.390 e. The summed E-state index contributed by atoms with van der Waals surface area (Å²) in [5.74, 6) is 2.24. The molecule has 2 N–H and O–H groups in total. The van der Waals surface area contributed by atoms with E-state index in [1.807, 2.05) is 6.92 Å². The average molecular weight is 489 g/mol. The van der Waals surface area contributed by atoms with Crippen LogP contribution in [0.2, 0.25) is 0 Å². The van der Waals surface area contributed by atoms with Crippen LogP contribution in [0.4, 0.5) is 18.9 Å². The molecule has 1 aromatic carbocycles. The van der Waals surface area contributed by atoms with Crippen LogP contribution >= 0.6 is 0 Å². The predicted molar refractivity (Wildman–Crippen MR) is 131 cm³/mol. The van der Waals surface area contributed by atoms with E-state index in [1.165, 1.54) is 0 Å². The molecule has 4 saturated carbocycles. The van der Waals surface area contributed by atoms with Crippen molar-refractivity contribution in [2.75, 3.05) is 5.32 Å². The molecule has 4 aliphatic carbocycles. The highest BCUT2D eigenvalue weighted by Crippen LogP contribution is 2.66. The van der Waals surface area contributed by atoms with Crippen molar-refractivity contribution in [2.24, 2.45) is 40.9 Å². The Morgan fingerprint density at radius 1 is 1.03 bits per heavy atom. The summed E-state index contributed by atoms with van der Waals surface area (Å²) < 4.78 is 43.7. The molecule has 9 atom stereocenters. The normalized spacial score (nSPS) is 41.8. The van der Waals surface area contributed by atoms with E-state index >= 15 is 0 Å². The van der Waals surface area contributed by atoms with Crippen LogP contribution in [0.1, 0.15) is 82.8 Å². The van der Waals surface area contributed by atoms with Gasteiger partial charge in [0.15, 0.2) is 0 Å². The Balaban J connectivity index is 1.38. The maximum Gasteiger partial charge on any atom is 0.408 e. The van der Waals surface area contributed by atoms with E-state index < -0.39 is 23.7 Å². The van der Waals surface area contributed by atoms with Crippen LogP contribution < -0.4 is 5.32 Å². The summed E-state index contributed by atoms with van der Waals surface area (Å²) in [7, 11) is 0. The van der Waals surface area contributed by atoms with Gasteiger partial charge in [0.05, 0.1) is 17.2 Å². The number of alkyl halides is 3. The number of hydrogen-bond donors (Lipinski definition) is 2. The molecular formula is C29H39F3N2O. The van der Waals surface area contributed by atoms with E-state index in [4.69, 9.17) is 5.26 Å². The number of anilines is 1. The van der Waals surface area contributed by atoms with E-state index in [2.05, 4.69) is 18.3 Å². The summed E-state index contributed by atoms with van der Waals surface area (Å²) in [6.45, 7) is 5.88. The number of nitrogens with zero attached hydrogens (tertiary/aromatic N) is 1. The van der Waals surface area contributed by atoms with Gasteiger partial charge in [0.1, 0.15) is 6.04 Å². The summed E-state index contributed by atoms with van der Waals surface area (Å²) in [5.41, 5.74) is 0.741. The summed E-state index contributed by atoms with van der Waals surface area (Å²) in [4.78, 5) is 0. The fraction of sp³-hybridized carbons (Fsp3) is 0.759. The molecule has 35 heavy (non-hydrogen) atoms. The molecule has 0 heterocycles. The third-order valence-electron chi connectivity index (χ3n) is 10.7. The van der Waals surface area contributed by atoms with E-state index in [0.717, 1.165) is 51.4 Å². The maximum absolute atomic E-state index is 14.6. The van der Waals surface area contributed by atoms with Crippen molar-refractivity contribution in [1.29, 1.82) is 5.26 Å². The largest absolute Gasteiger partial charge is 0.408 e. The first-order chi connectivity index (χ1) is 16.4. The van der Waals surface area contributed by atoms with Crippen molar-refractivity contribution in [2.45, 2.75) is 96.4 Å². The van der Waals surface area contributed by atoms with E-state index in [-0.39, 0.29) is 5.41 Å². The number of fused-ring (bicyclic) bond motifs is 5. The van der Waals surface area contributed by atoms with Crippen molar-refractivity contribution in [3.63, 3.8) is 0 Å². The van der Waals surface area contributed by atoms with Gasteiger partial charge in [-0.2, -0.15) is 18.4 Å². The number of aliphatic hydroxyl groups is 1. The lowest BCUT2D eigenvalue weighted by Gasteiger charge is -2.57. The monoisotopic (exact) mass is 488 g/mol. The second-order valence-electron chi connectivity index (χ2n) is 12.7. The number of nitrogens with one attached hydrogen (secondary N) is 1. The van der Waals surface area contributed by atoms with Gasteiger partial charge < -0.3 is 10.4 Å². The van der Waals surface area contributed by atoms with Crippen LogP contribution in [0.25, 0.3) is 0 Å². The molecule has 0 spiro atoms. The fourth-order valence-electron chi connectivity index (χ4n) is 9.14. The molecule has 0 bridgehead atoms. The van der Waals surface area contributed by atoms with E-state index in [9.17, 15) is 18.3 Å². The van der Waals surface area contributed by atoms with Gasteiger partial charge in [-0.3, -0.25) is 0 Å². The molecule has 0 aromatic heterocycles. The molecule has 4 aliphatic rings. The van der Waals surface area contributed by atoms with Gasteiger partial charge in [0.25, 0.3) is 0 Å². The first-order valence-electron chi connectivity index (χ1n) is 13.5. The zero-order valence-electron chi connectivity index (χ0n) is 21.2. The van der Waals surface area contributed by atoms with Crippen LogP contribution in [0, 0.1) is 59.2 Å². The Morgan fingerprint density at radius 2 is 1.77 bits per heavy atom. The molecule has 0 aliphatic heterocycles. The lowest BCUT2D eigenvalue weighted by atomic mass is 9.48. The molecule has 0 unspecified atom stereocenters. The average Bonchev–Trinajstić information content (AvgIpc) is 3.13.